The monoisotopic (exact) mass is 342 g/mol. The Hall–Kier alpha value is -0.440. The van der Waals surface area contributed by atoms with Crippen LogP contribution in [0.4, 0.5) is 0 Å². The zero-order valence-electron chi connectivity index (χ0n) is 12.0. The van der Waals surface area contributed by atoms with E-state index in [4.69, 9.17) is 19.3 Å². The van der Waals surface area contributed by atoms with Crippen LogP contribution in [0.25, 0.3) is 0 Å². The quantitative estimate of drug-likeness (QED) is 0.243. The van der Waals surface area contributed by atoms with Crippen LogP contribution in [-0.2, 0) is 14.2 Å². The molecule has 0 bridgehead atoms. The lowest BCUT2D eigenvalue weighted by Gasteiger charge is -2.45. The number of rotatable bonds is 4. The minimum absolute atomic E-state index is 0.667. The molecule has 0 amide bonds. The second-order valence-corrected chi connectivity index (χ2v) is 5.53. The summed E-state index contributed by atoms with van der Waals surface area (Å²) in [4.78, 5) is 0. The molecule has 2 fully saturated rings. The predicted octanol–water partition coefficient (Wildman–Crippen LogP) is -5.40. The predicted molar refractivity (Wildman–Crippen MR) is 68.6 cm³/mol. The maximum Gasteiger partial charge on any atom is 0.187 e. The van der Waals surface area contributed by atoms with Gasteiger partial charge in [0.2, 0.25) is 0 Å². The average Bonchev–Trinajstić information content (AvgIpc) is 2.55. The zero-order chi connectivity index (χ0) is 17.3. The van der Waals surface area contributed by atoms with Crippen LogP contribution in [0.15, 0.2) is 0 Å². The van der Waals surface area contributed by atoms with Crippen LogP contribution in [0.1, 0.15) is 0 Å². The Balaban J connectivity index is 2.11. The smallest absolute Gasteiger partial charge is 0.187 e. The molecule has 11 nitrogen and oxygen atoms in total. The fourth-order valence-corrected chi connectivity index (χ4v) is 2.57. The maximum absolute atomic E-state index is 9.94. The third-order valence-corrected chi connectivity index (χ3v) is 3.98. The van der Waals surface area contributed by atoms with E-state index in [1.54, 1.807) is 0 Å². The molecule has 0 spiro atoms. The van der Waals surface area contributed by atoms with Gasteiger partial charge in [0, 0.05) is 0 Å². The molecule has 2 aliphatic rings. The molecule has 0 aliphatic carbocycles. The van der Waals surface area contributed by atoms with Crippen LogP contribution < -0.4 is 0 Å². The van der Waals surface area contributed by atoms with Gasteiger partial charge in [-0.25, -0.2) is 0 Å². The fourth-order valence-electron chi connectivity index (χ4n) is 2.57. The summed E-state index contributed by atoms with van der Waals surface area (Å²) < 4.78 is 15.3. The van der Waals surface area contributed by atoms with E-state index in [1.165, 1.54) is 0 Å². The summed E-state index contributed by atoms with van der Waals surface area (Å²) in [6.45, 7) is -1.35. The van der Waals surface area contributed by atoms with Crippen LogP contribution in [0.5, 0.6) is 0 Å². The standard InChI is InChI=1S/C12H22O11/c13-1-3-5(15)6(16)9(19)12(22-3)23-10-4(2-14)21-11(20)8(18)7(10)17/h3-20H,1-2H2/t3-,4-,5+,6-,7-,8-,9-,10-,11+,12+/m1/s1. The Kier molecular flexibility index (Phi) is 6.27. The Morgan fingerprint density at radius 1 is 0.652 bits per heavy atom. The van der Waals surface area contributed by atoms with Crippen molar-refractivity contribution in [2.75, 3.05) is 13.2 Å². The molecular formula is C12H22O11. The van der Waals surface area contributed by atoms with Crippen molar-refractivity contribution in [3.8, 4) is 0 Å². The highest BCUT2D eigenvalue weighted by molar-refractivity contribution is 4.93. The molecule has 0 saturated carbocycles. The molecule has 23 heavy (non-hydrogen) atoms. The van der Waals surface area contributed by atoms with E-state index >= 15 is 0 Å². The molecular weight excluding hydrogens is 320 g/mol. The third kappa shape index (κ3) is 3.65. The van der Waals surface area contributed by atoms with Crippen molar-refractivity contribution in [1.82, 2.24) is 0 Å². The van der Waals surface area contributed by atoms with E-state index in [2.05, 4.69) is 0 Å². The first-order chi connectivity index (χ1) is 10.8. The second kappa shape index (κ2) is 7.63. The lowest BCUT2D eigenvalue weighted by molar-refractivity contribution is -0.355. The minimum Gasteiger partial charge on any atom is -0.394 e. The highest BCUT2D eigenvalue weighted by Crippen LogP contribution is 2.28. The number of hydrogen-bond donors (Lipinski definition) is 8. The van der Waals surface area contributed by atoms with E-state index in [9.17, 15) is 35.7 Å². The summed E-state index contributed by atoms with van der Waals surface area (Å²) in [5.74, 6) is 0. The van der Waals surface area contributed by atoms with Gasteiger partial charge < -0.3 is 55.1 Å². The molecule has 0 aromatic carbocycles. The summed E-state index contributed by atoms with van der Waals surface area (Å²) in [7, 11) is 0. The summed E-state index contributed by atoms with van der Waals surface area (Å²) in [6, 6.07) is 0. The van der Waals surface area contributed by atoms with Gasteiger partial charge in [-0.1, -0.05) is 0 Å². The van der Waals surface area contributed by atoms with Crippen molar-refractivity contribution in [3.05, 3.63) is 0 Å². The Bertz CT molecular complexity index is 378. The van der Waals surface area contributed by atoms with Gasteiger partial charge in [0.15, 0.2) is 12.6 Å². The molecule has 0 radical (unpaired) electrons. The number of aliphatic hydroxyl groups excluding tert-OH is 8. The summed E-state index contributed by atoms with van der Waals surface area (Å²) in [6.07, 6.45) is -15.6. The van der Waals surface area contributed by atoms with Crippen molar-refractivity contribution in [2.45, 2.75) is 61.4 Å². The van der Waals surface area contributed by atoms with Crippen LogP contribution >= 0.6 is 0 Å². The fraction of sp³-hybridized carbons (Fsp3) is 1.00. The molecule has 2 saturated heterocycles. The van der Waals surface area contributed by atoms with Crippen LogP contribution in [0.2, 0.25) is 0 Å². The SMILES string of the molecule is OC[C@H]1O[C@@H](O[C@H]2[C@H](O)[C@@H](O)[C@@H](O)O[C@@H]2CO)[C@H](O)[C@H](O)[C@H]1O. The lowest BCUT2D eigenvalue weighted by Crippen LogP contribution is -2.64. The van der Waals surface area contributed by atoms with Crippen molar-refractivity contribution < 1.29 is 55.1 Å². The zero-order valence-corrected chi connectivity index (χ0v) is 12.0. The van der Waals surface area contributed by atoms with Gasteiger partial charge in [-0.2, -0.15) is 0 Å². The molecule has 0 aromatic heterocycles. The average molecular weight is 342 g/mol. The maximum atomic E-state index is 9.94. The van der Waals surface area contributed by atoms with Crippen LogP contribution in [-0.4, -0.2) is 115 Å². The lowest BCUT2D eigenvalue weighted by atomic mass is 9.97. The molecule has 2 aliphatic heterocycles. The first kappa shape index (κ1) is 18.9. The molecule has 10 atom stereocenters. The first-order valence-electron chi connectivity index (χ1n) is 7.08. The molecule has 11 heteroatoms. The molecule has 136 valence electrons. The van der Waals surface area contributed by atoms with Gasteiger partial charge in [0.25, 0.3) is 0 Å². The molecule has 0 aromatic rings. The molecule has 2 rings (SSSR count). The van der Waals surface area contributed by atoms with Gasteiger partial charge in [-0.15, -0.1) is 0 Å². The van der Waals surface area contributed by atoms with E-state index in [-0.39, 0.29) is 0 Å². The van der Waals surface area contributed by atoms with E-state index in [1.807, 2.05) is 0 Å². The van der Waals surface area contributed by atoms with Crippen molar-refractivity contribution in [1.29, 1.82) is 0 Å². The van der Waals surface area contributed by atoms with Gasteiger partial charge >= 0.3 is 0 Å². The Labute approximate surface area is 130 Å². The van der Waals surface area contributed by atoms with E-state index in [0.717, 1.165) is 0 Å². The van der Waals surface area contributed by atoms with Crippen molar-refractivity contribution in [2.24, 2.45) is 0 Å². The largest absolute Gasteiger partial charge is 0.394 e. The normalized spacial score (nSPS) is 51.7. The van der Waals surface area contributed by atoms with Gasteiger partial charge in [0.05, 0.1) is 13.2 Å². The molecule has 8 N–H and O–H groups in total. The number of aliphatic hydroxyl groups is 8. The summed E-state index contributed by atoms with van der Waals surface area (Å²) in [5.41, 5.74) is 0. The summed E-state index contributed by atoms with van der Waals surface area (Å²) in [5, 5.41) is 76.5. The Morgan fingerprint density at radius 3 is 1.83 bits per heavy atom. The van der Waals surface area contributed by atoms with Gasteiger partial charge in [-0.05, 0) is 0 Å². The molecule has 2 heterocycles. The third-order valence-electron chi connectivity index (χ3n) is 3.98. The van der Waals surface area contributed by atoms with E-state index < -0.39 is 74.6 Å². The van der Waals surface area contributed by atoms with Crippen LogP contribution in [0.3, 0.4) is 0 Å². The van der Waals surface area contributed by atoms with Crippen molar-refractivity contribution in [3.63, 3.8) is 0 Å². The Morgan fingerprint density at radius 2 is 1.26 bits per heavy atom. The minimum atomic E-state index is -1.74. The second-order valence-electron chi connectivity index (χ2n) is 5.53. The number of ether oxygens (including phenoxy) is 3. The molecule has 0 unspecified atom stereocenters. The number of hydrogen-bond acceptors (Lipinski definition) is 11. The topological polar surface area (TPSA) is 190 Å². The highest BCUT2D eigenvalue weighted by atomic mass is 16.7. The van der Waals surface area contributed by atoms with Crippen molar-refractivity contribution >= 4 is 0 Å². The van der Waals surface area contributed by atoms with Crippen LogP contribution in [0, 0.1) is 0 Å². The van der Waals surface area contributed by atoms with Gasteiger partial charge in [0.1, 0.15) is 48.8 Å². The first-order valence-corrected chi connectivity index (χ1v) is 7.08. The van der Waals surface area contributed by atoms with Gasteiger partial charge in [-0.3, -0.25) is 0 Å². The summed E-state index contributed by atoms with van der Waals surface area (Å²) >= 11 is 0. The highest BCUT2D eigenvalue weighted by Gasteiger charge is 2.50. The van der Waals surface area contributed by atoms with E-state index in [0.29, 0.717) is 0 Å².